The highest BCUT2D eigenvalue weighted by atomic mass is 35.5. The standard InChI is InChI=1S/C14H14ClNO/c1-9-7-12(14(17-2)8-13(9)15)10-3-5-11(16)6-4-10/h3-8H,16H2,1-2H3. The molecule has 0 bridgehead atoms. The second-order valence-corrected chi connectivity index (χ2v) is 4.33. The van der Waals surface area contributed by atoms with Gasteiger partial charge in [-0.1, -0.05) is 23.7 Å². The van der Waals surface area contributed by atoms with Crippen LogP contribution in [0, 0.1) is 6.92 Å². The first-order chi connectivity index (χ1) is 8.11. The van der Waals surface area contributed by atoms with Gasteiger partial charge in [-0.05, 0) is 42.3 Å². The highest BCUT2D eigenvalue weighted by Gasteiger charge is 2.08. The summed E-state index contributed by atoms with van der Waals surface area (Å²) in [5.41, 5.74) is 9.54. The van der Waals surface area contributed by atoms with Crippen LogP contribution in [0.5, 0.6) is 5.75 Å². The Balaban J connectivity index is 2.57. The molecule has 3 heteroatoms. The molecule has 2 rings (SSSR count). The lowest BCUT2D eigenvalue weighted by Gasteiger charge is -2.11. The zero-order chi connectivity index (χ0) is 12.4. The lowest BCUT2D eigenvalue weighted by atomic mass is 10.0. The third kappa shape index (κ3) is 2.37. The van der Waals surface area contributed by atoms with Crippen molar-refractivity contribution in [3.63, 3.8) is 0 Å². The number of nitrogen functional groups attached to an aromatic ring is 1. The van der Waals surface area contributed by atoms with Gasteiger partial charge in [0.15, 0.2) is 0 Å². The number of halogens is 1. The Morgan fingerprint density at radius 2 is 1.76 bits per heavy atom. The molecule has 2 aromatic carbocycles. The van der Waals surface area contributed by atoms with Gasteiger partial charge in [0.25, 0.3) is 0 Å². The molecule has 0 fully saturated rings. The fourth-order valence-electron chi connectivity index (χ4n) is 1.72. The molecule has 2 N–H and O–H groups in total. The van der Waals surface area contributed by atoms with Crippen LogP contribution in [0.2, 0.25) is 5.02 Å². The number of hydrogen-bond acceptors (Lipinski definition) is 2. The van der Waals surface area contributed by atoms with Crippen molar-refractivity contribution < 1.29 is 4.74 Å². The first kappa shape index (κ1) is 11.8. The number of aryl methyl sites for hydroxylation is 1. The van der Waals surface area contributed by atoms with Crippen molar-refractivity contribution in [2.45, 2.75) is 6.92 Å². The van der Waals surface area contributed by atoms with Crippen molar-refractivity contribution in [3.05, 3.63) is 47.0 Å². The summed E-state index contributed by atoms with van der Waals surface area (Å²) in [5, 5.41) is 0.709. The maximum atomic E-state index is 6.08. The van der Waals surface area contributed by atoms with E-state index >= 15 is 0 Å². The van der Waals surface area contributed by atoms with Gasteiger partial charge in [0.1, 0.15) is 5.75 Å². The van der Waals surface area contributed by atoms with Gasteiger partial charge in [-0.3, -0.25) is 0 Å². The number of anilines is 1. The molecule has 0 saturated heterocycles. The van der Waals surface area contributed by atoms with Crippen molar-refractivity contribution in [3.8, 4) is 16.9 Å². The summed E-state index contributed by atoms with van der Waals surface area (Å²) in [7, 11) is 1.64. The van der Waals surface area contributed by atoms with Gasteiger partial charge in [-0.2, -0.15) is 0 Å². The molecule has 0 aliphatic carbocycles. The molecule has 0 aliphatic heterocycles. The van der Waals surface area contributed by atoms with Crippen molar-refractivity contribution in [1.29, 1.82) is 0 Å². The van der Waals surface area contributed by atoms with E-state index in [4.69, 9.17) is 22.1 Å². The molecule has 0 amide bonds. The van der Waals surface area contributed by atoms with E-state index in [9.17, 15) is 0 Å². The average Bonchev–Trinajstić information content (AvgIpc) is 2.33. The highest BCUT2D eigenvalue weighted by molar-refractivity contribution is 6.31. The lowest BCUT2D eigenvalue weighted by Crippen LogP contribution is -1.90. The van der Waals surface area contributed by atoms with Gasteiger partial charge in [0.05, 0.1) is 7.11 Å². The summed E-state index contributed by atoms with van der Waals surface area (Å²) in [6, 6.07) is 11.5. The van der Waals surface area contributed by atoms with Crippen molar-refractivity contribution in [1.82, 2.24) is 0 Å². The van der Waals surface area contributed by atoms with Crippen LogP contribution < -0.4 is 10.5 Å². The van der Waals surface area contributed by atoms with Gasteiger partial charge in [0, 0.05) is 16.3 Å². The summed E-state index contributed by atoms with van der Waals surface area (Å²) < 4.78 is 5.35. The van der Waals surface area contributed by atoms with E-state index in [1.807, 2.05) is 43.3 Å². The Bertz CT molecular complexity index is 535. The van der Waals surface area contributed by atoms with E-state index in [-0.39, 0.29) is 0 Å². The predicted octanol–water partition coefficient (Wildman–Crippen LogP) is 3.91. The second-order valence-electron chi connectivity index (χ2n) is 3.92. The topological polar surface area (TPSA) is 35.2 Å². The molecule has 0 spiro atoms. The Kier molecular flexibility index (Phi) is 3.25. The molecule has 2 nitrogen and oxygen atoms in total. The third-order valence-corrected chi connectivity index (χ3v) is 3.11. The SMILES string of the molecule is COc1cc(Cl)c(C)cc1-c1ccc(N)cc1. The largest absolute Gasteiger partial charge is 0.496 e. The average molecular weight is 248 g/mol. The zero-order valence-corrected chi connectivity index (χ0v) is 10.6. The van der Waals surface area contributed by atoms with E-state index in [0.29, 0.717) is 5.02 Å². The van der Waals surface area contributed by atoms with Gasteiger partial charge < -0.3 is 10.5 Å². The van der Waals surface area contributed by atoms with Gasteiger partial charge >= 0.3 is 0 Å². The summed E-state index contributed by atoms with van der Waals surface area (Å²) in [6.07, 6.45) is 0. The fraction of sp³-hybridized carbons (Fsp3) is 0.143. The number of nitrogens with two attached hydrogens (primary N) is 1. The Morgan fingerprint density at radius 1 is 1.12 bits per heavy atom. The molecule has 17 heavy (non-hydrogen) atoms. The number of benzene rings is 2. The third-order valence-electron chi connectivity index (χ3n) is 2.70. The second kappa shape index (κ2) is 4.68. The highest BCUT2D eigenvalue weighted by Crippen LogP contribution is 2.34. The summed E-state index contributed by atoms with van der Waals surface area (Å²) in [6.45, 7) is 1.97. The molecular formula is C14H14ClNO. The molecule has 0 saturated carbocycles. The summed E-state index contributed by atoms with van der Waals surface area (Å²) in [5.74, 6) is 0.769. The molecule has 0 heterocycles. The molecule has 2 aromatic rings. The maximum absolute atomic E-state index is 6.08. The molecule has 0 atom stereocenters. The predicted molar refractivity (Wildman–Crippen MR) is 72.6 cm³/mol. The maximum Gasteiger partial charge on any atom is 0.128 e. The fourth-order valence-corrected chi connectivity index (χ4v) is 1.87. The van der Waals surface area contributed by atoms with Gasteiger partial charge in [-0.15, -0.1) is 0 Å². The van der Waals surface area contributed by atoms with E-state index in [1.54, 1.807) is 7.11 Å². The minimum absolute atomic E-state index is 0.709. The summed E-state index contributed by atoms with van der Waals surface area (Å²) in [4.78, 5) is 0. The van der Waals surface area contributed by atoms with Crippen molar-refractivity contribution in [2.75, 3.05) is 12.8 Å². The zero-order valence-electron chi connectivity index (χ0n) is 9.83. The van der Waals surface area contributed by atoms with Gasteiger partial charge in [0.2, 0.25) is 0 Å². The first-order valence-corrected chi connectivity index (χ1v) is 5.69. The van der Waals surface area contributed by atoms with E-state index in [1.165, 1.54) is 0 Å². The van der Waals surface area contributed by atoms with Crippen LogP contribution in [0.1, 0.15) is 5.56 Å². The lowest BCUT2D eigenvalue weighted by molar-refractivity contribution is 0.416. The number of ether oxygens (including phenoxy) is 1. The number of hydrogen-bond donors (Lipinski definition) is 1. The molecule has 0 aliphatic rings. The van der Waals surface area contributed by atoms with Crippen LogP contribution in [0.15, 0.2) is 36.4 Å². The smallest absolute Gasteiger partial charge is 0.128 e. The monoisotopic (exact) mass is 247 g/mol. The molecule has 0 unspecified atom stereocenters. The number of methoxy groups -OCH3 is 1. The Labute approximate surface area is 106 Å². The van der Waals surface area contributed by atoms with Crippen LogP contribution in [0.3, 0.4) is 0 Å². The van der Waals surface area contributed by atoms with Crippen LogP contribution in [-0.4, -0.2) is 7.11 Å². The van der Waals surface area contributed by atoms with Crippen LogP contribution in [-0.2, 0) is 0 Å². The quantitative estimate of drug-likeness (QED) is 0.817. The molecule has 0 radical (unpaired) electrons. The van der Waals surface area contributed by atoms with Crippen molar-refractivity contribution >= 4 is 17.3 Å². The Hall–Kier alpha value is -1.67. The minimum Gasteiger partial charge on any atom is -0.496 e. The van der Waals surface area contributed by atoms with Crippen LogP contribution in [0.25, 0.3) is 11.1 Å². The number of rotatable bonds is 2. The van der Waals surface area contributed by atoms with Crippen LogP contribution in [0.4, 0.5) is 5.69 Å². The molecule has 0 aromatic heterocycles. The van der Waals surface area contributed by atoms with E-state index in [0.717, 1.165) is 28.1 Å². The first-order valence-electron chi connectivity index (χ1n) is 5.32. The van der Waals surface area contributed by atoms with Gasteiger partial charge in [-0.25, -0.2) is 0 Å². The summed E-state index contributed by atoms with van der Waals surface area (Å²) >= 11 is 6.08. The molecular weight excluding hydrogens is 234 g/mol. The van der Waals surface area contributed by atoms with Crippen LogP contribution >= 0.6 is 11.6 Å². The normalized spacial score (nSPS) is 10.3. The van der Waals surface area contributed by atoms with Crippen molar-refractivity contribution in [2.24, 2.45) is 0 Å². The minimum atomic E-state index is 0.709. The van der Waals surface area contributed by atoms with E-state index in [2.05, 4.69) is 0 Å². The molecule has 88 valence electrons. The Morgan fingerprint density at radius 3 is 2.35 bits per heavy atom. The van der Waals surface area contributed by atoms with E-state index < -0.39 is 0 Å².